The minimum absolute atomic E-state index is 0.0783. The van der Waals surface area contributed by atoms with Crippen LogP contribution in [-0.2, 0) is 19.6 Å². The number of primary sulfonamides is 1. The fraction of sp³-hybridized carbons (Fsp3) is 0.105. The third-order valence-corrected chi connectivity index (χ3v) is 5.15. The van der Waals surface area contributed by atoms with Crippen molar-refractivity contribution in [2.24, 2.45) is 5.14 Å². The molecule has 2 aromatic carbocycles. The van der Waals surface area contributed by atoms with Crippen LogP contribution in [0.25, 0.3) is 6.08 Å². The number of hydrogen-bond acceptors (Lipinski definition) is 5. The van der Waals surface area contributed by atoms with E-state index in [0.29, 0.717) is 5.69 Å². The monoisotopic (exact) mass is 414 g/mol. The van der Waals surface area contributed by atoms with Crippen LogP contribution in [0.5, 0.6) is 0 Å². The third-order valence-electron chi connectivity index (χ3n) is 4.22. The van der Waals surface area contributed by atoms with E-state index in [1.165, 1.54) is 24.3 Å². The van der Waals surface area contributed by atoms with Gasteiger partial charge in [0.1, 0.15) is 12.2 Å². The fourth-order valence-corrected chi connectivity index (χ4v) is 3.21. The van der Waals surface area contributed by atoms with Crippen LogP contribution in [0.15, 0.2) is 59.1 Å². The molecule has 1 saturated heterocycles. The first-order valence-corrected chi connectivity index (χ1v) is 10.0. The second-order valence-corrected chi connectivity index (χ2v) is 7.92. The van der Waals surface area contributed by atoms with E-state index in [1.807, 2.05) is 31.2 Å². The minimum atomic E-state index is -3.84. The van der Waals surface area contributed by atoms with E-state index in [2.05, 4.69) is 10.6 Å². The normalized spacial score (nSPS) is 15.5. The number of nitrogens with zero attached hydrogens (tertiary/aromatic N) is 1. The fourth-order valence-electron chi connectivity index (χ4n) is 2.69. The van der Waals surface area contributed by atoms with Gasteiger partial charge in [0, 0.05) is 5.69 Å². The molecule has 10 heteroatoms. The van der Waals surface area contributed by atoms with Gasteiger partial charge >= 0.3 is 6.03 Å². The summed E-state index contributed by atoms with van der Waals surface area (Å²) in [4.78, 5) is 37.5. The standard InChI is InChI=1S/C19H18N4O5S/c1-12-4-2-3-5-13(12)10-16-18(25)23(19(26)22-16)11-17(24)21-14-6-8-15(9-7-14)29(20,27)28/h2-10H,11H2,1H3,(H,21,24)(H,22,26)(H2,20,27,28)/b16-10-. The molecule has 0 atom stereocenters. The Morgan fingerprint density at radius 1 is 1.14 bits per heavy atom. The lowest BCUT2D eigenvalue weighted by molar-refractivity contribution is -0.127. The van der Waals surface area contributed by atoms with E-state index >= 15 is 0 Å². The molecule has 0 unspecified atom stereocenters. The van der Waals surface area contributed by atoms with Gasteiger partial charge in [0.25, 0.3) is 5.91 Å². The molecule has 9 nitrogen and oxygen atoms in total. The first-order valence-electron chi connectivity index (χ1n) is 8.48. The Labute approximate surface area is 167 Å². The lowest BCUT2D eigenvalue weighted by Gasteiger charge is -2.12. The molecule has 0 bridgehead atoms. The summed E-state index contributed by atoms with van der Waals surface area (Å²) in [5.74, 6) is -1.23. The van der Waals surface area contributed by atoms with Crippen LogP contribution in [-0.4, -0.2) is 37.7 Å². The van der Waals surface area contributed by atoms with Crippen molar-refractivity contribution < 1.29 is 22.8 Å². The lowest BCUT2D eigenvalue weighted by Crippen LogP contribution is -2.38. The number of nitrogens with two attached hydrogens (primary N) is 1. The Kier molecular flexibility index (Phi) is 5.48. The van der Waals surface area contributed by atoms with E-state index in [0.717, 1.165) is 16.0 Å². The van der Waals surface area contributed by atoms with Crippen molar-refractivity contribution in [2.45, 2.75) is 11.8 Å². The predicted octanol–water partition coefficient (Wildman–Crippen LogP) is 1.17. The second kappa shape index (κ2) is 7.86. The Bertz CT molecular complexity index is 1120. The number of sulfonamides is 1. The second-order valence-electron chi connectivity index (χ2n) is 6.35. The van der Waals surface area contributed by atoms with Gasteiger partial charge in [-0.25, -0.2) is 23.3 Å². The van der Waals surface area contributed by atoms with E-state index in [9.17, 15) is 22.8 Å². The topological polar surface area (TPSA) is 139 Å². The summed E-state index contributed by atoms with van der Waals surface area (Å²) in [6.07, 6.45) is 1.56. The highest BCUT2D eigenvalue weighted by atomic mass is 32.2. The van der Waals surface area contributed by atoms with Gasteiger partial charge in [0.05, 0.1) is 4.90 Å². The molecule has 0 radical (unpaired) electrons. The summed E-state index contributed by atoms with van der Waals surface area (Å²) in [5.41, 5.74) is 2.08. The summed E-state index contributed by atoms with van der Waals surface area (Å²) >= 11 is 0. The van der Waals surface area contributed by atoms with Crippen molar-refractivity contribution in [1.29, 1.82) is 0 Å². The number of anilines is 1. The van der Waals surface area contributed by atoms with Gasteiger partial charge in [-0.1, -0.05) is 24.3 Å². The van der Waals surface area contributed by atoms with Gasteiger partial charge in [0.15, 0.2) is 0 Å². The van der Waals surface area contributed by atoms with Crippen LogP contribution in [0, 0.1) is 6.92 Å². The molecular weight excluding hydrogens is 396 g/mol. The van der Waals surface area contributed by atoms with Crippen molar-refractivity contribution in [3.8, 4) is 0 Å². The number of amides is 4. The molecule has 0 spiro atoms. The highest BCUT2D eigenvalue weighted by Gasteiger charge is 2.35. The van der Waals surface area contributed by atoms with Crippen molar-refractivity contribution in [3.05, 3.63) is 65.4 Å². The number of imide groups is 1. The maximum atomic E-state index is 12.5. The molecule has 0 saturated carbocycles. The van der Waals surface area contributed by atoms with Crippen molar-refractivity contribution >= 4 is 39.6 Å². The zero-order chi connectivity index (χ0) is 21.2. The first kappa shape index (κ1) is 20.2. The summed E-state index contributed by atoms with van der Waals surface area (Å²) < 4.78 is 22.5. The smallest absolute Gasteiger partial charge is 0.325 e. The Balaban J connectivity index is 1.68. The van der Waals surface area contributed by atoms with Crippen LogP contribution in [0.3, 0.4) is 0 Å². The number of nitrogens with one attached hydrogen (secondary N) is 2. The van der Waals surface area contributed by atoms with Gasteiger partial charge in [-0.05, 0) is 48.4 Å². The number of rotatable bonds is 5. The molecule has 0 aliphatic carbocycles. The van der Waals surface area contributed by atoms with Gasteiger partial charge in [-0.3, -0.25) is 9.59 Å². The molecule has 1 aliphatic rings. The van der Waals surface area contributed by atoms with E-state index in [-0.39, 0.29) is 10.6 Å². The van der Waals surface area contributed by atoms with Crippen molar-refractivity contribution in [2.75, 3.05) is 11.9 Å². The maximum Gasteiger partial charge on any atom is 0.329 e. The van der Waals surface area contributed by atoms with E-state index in [4.69, 9.17) is 5.14 Å². The van der Waals surface area contributed by atoms with E-state index in [1.54, 1.807) is 6.08 Å². The summed E-state index contributed by atoms with van der Waals surface area (Å²) in [5, 5.41) is 9.97. The molecule has 3 rings (SSSR count). The summed E-state index contributed by atoms with van der Waals surface area (Å²) in [7, 11) is -3.84. The number of benzene rings is 2. The van der Waals surface area contributed by atoms with Crippen molar-refractivity contribution in [3.63, 3.8) is 0 Å². The molecular formula is C19H18N4O5S. The minimum Gasteiger partial charge on any atom is -0.325 e. The number of carbonyl (C=O) groups is 3. The zero-order valence-corrected chi connectivity index (χ0v) is 16.2. The number of hydrogen-bond donors (Lipinski definition) is 3. The summed E-state index contributed by atoms with van der Waals surface area (Å²) in [6, 6.07) is 11.8. The SMILES string of the molecule is Cc1ccccc1/C=C1\NC(=O)N(CC(=O)Nc2ccc(S(N)(=O)=O)cc2)C1=O. The molecule has 4 amide bonds. The molecule has 1 aliphatic heterocycles. The quantitative estimate of drug-likeness (QED) is 0.498. The number of aryl methyl sites for hydroxylation is 1. The average molecular weight is 414 g/mol. The van der Waals surface area contributed by atoms with Gasteiger partial charge in [-0.15, -0.1) is 0 Å². The Morgan fingerprint density at radius 2 is 1.79 bits per heavy atom. The van der Waals surface area contributed by atoms with Gasteiger partial charge < -0.3 is 10.6 Å². The van der Waals surface area contributed by atoms with Crippen LogP contribution in [0.4, 0.5) is 10.5 Å². The first-order chi connectivity index (χ1) is 13.6. The van der Waals surface area contributed by atoms with Crippen molar-refractivity contribution in [1.82, 2.24) is 10.2 Å². The molecule has 2 aromatic rings. The summed E-state index contributed by atoms with van der Waals surface area (Å²) in [6.45, 7) is 1.38. The average Bonchev–Trinajstić information content (AvgIpc) is 2.91. The van der Waals surface area contributed by atoms with E-state index < -0.39 is 34.4 Å². The highest BCUT2D eigenvalue weighted by Crippen LogP contribution is 2.17. The predicted molar refractivity (Wildman–Crippen MR) is 106 cm³/mol. The molecule has 0 aromatic heterocycles. The molecule has 29 heavy (non-hydrogen) atoms. The highest BCUT2D eigenvalue weighted by molar-refractivity contribution is 7.89. The Hall–Kier alpha value is -3.50. The van der Waals surface area contributed by atoms with Gasteiger partial charge in [0.2, 0.25) is 15.9 Å². The zero-order valence-electron chi connectivity index (χ0n) is 15.4. The molecule has 4 N–H and O–H groups in total. The molecule has 1 fully saturated rings. The van der Waals surface area contributed by atoms with Crippen LogP contribution in [0.2, 0.25) is 0 Å². The molecule has 150 valence electrons. The molecule has 1 heterocycles. The van der Waals surface area contributed by atoms with Crippen LogP contribution >= 0.6 is 0 Å². The maximum absolute atomic E-state index is 12.5. The number of urea groups is 1. The van der Waals surface area contributed by atoms with Crippen LogP contribution < -0.4 is 15.8 Å². The Morgan fingerprint density at radius 3 is 2.41 bits per heavy atom. The lowest BCUT2D eigenvalue weighted by atomic mass is 10.1. The number of carbonyl (C=O) groups excluding carboxylic acids is 3. The largest absolute Gasteiger partial charge is 0.329 e. The van der Waals surface area contributed by atoms with Crippen LogP contribution in [0.1, 0.15) is 11.1 Å². The van der Waals surface area contributed by atoms with Gasteiger partial charge in [-0.2, -0.15) is 0 Å². The third kappa shape index (κ3) is 4.68.